The summed E-state index contributed by atoms with van der Waals surface area (Å²) >= 11 is 0. The van der Waals surface area contributed by atoms with Crippen molar-refractivity contribution in [2.45, 2.75) is 142 Å². The van der Waals surface area contributed by atoms with Crippen LogP contribution in [0.25, 0.3) is 0 Å². The van der Waals surface area contributed by atoms with Crippen LogP contribution in [0.4, 0.5) is 0 Å². The molecule has 170 valence electrons. The molecule has 0 aromatic rings. The Bertz CT molecular complexity index is 380. The van der Waals surface area contributed by atoms with Gasteiger partial charge in [-0.3, -0.25) is 9.59 Å². The Balaban J connectivity index is 2.27. The number of rotatable bonds is 0. The molecule has 3 heteroatoms. The molecule has 1 aliphatic rings. The molecule has 1 aliphatic heterocycles. The number of carbonyl (C=O) groups excluding carboxylic acids is 2. The monoisotopic (exact) mass is 408 g/mol. The smallest absolute Gasteiger partial charge is 0.313 e. The average Bonchev–Trinajstić information content (AvgIpc) is 2.69. The van der Waals surface area contributed by atoms with Crippen molar-refractivity contribution in [3.05, 3.63) is 0 Å². The molecule has 2 unspecified atom stereocenters. The maximum atomic E-state index is 11.7. The van der Waals surface area contributed by atoms with Gasteiger partial charge in [0.1, 0.15) is 0 Å². The Morgan fingerprint density at radius 3 is 1.10 bits per heavy atom. The van der Waals surface area contributed by atoms with Gasteiger partial charge in [0.15, 0.2) is 0 Å². The van der Waals surface area contributed by atoms with Crippen molar-refractivity contribution in [1.29, 1.82) is 0 Å². The summed E-state index contributed by atoms with van der Waals surface area (Å²) in [5, 5.41) is 0. The first-order valence-corrected chi connectivity index (χ1v) is 12.8. The molecule has 0 aromatic carbocycles. The molecule has 1 fully saturated rings. The highest BCUT2D eigenvalue weighted by Gasteiger charge is 2.12. The highest BCUT2D eigenvalue weighted by atomic mass is 16.6. The largest absolute Gasteiger partial charge is 0.393 e. The van der Waals surface area contributed by atoms with E-state index in [0.29, 0.717) is 12.8 Å². The summed E-state index contributed by atoms with van der Waals surface area (Å²) in [5.41, 5.74) is 0. The Morgan fingerprint density at radius 1 is 0.483 bits per heavy atom. The molecule has 1 heterocycles. The van der Waals surface area contributed by atoms with E-state index in [9.17, 15) is 9.59 Å². The van der Waals surface area contributed by atoms with Gasteiger partial charge in [-0.05, 0) is 24.7 Å². The molecule has 0 amide bonds. The number of hydrogen-bond acceptors (Lipinski definition) is 3. The highest BCUT2D eigenvalue weighted by molar-refractivity contribution is 5.85. The molecule has 0 N–H and O–H groups in total. The fraction of sp³-hybridized carbons (Fsp3) is 0.923. The van der Waals surface area contributed by atoms with Crippen LogP contribution in [-0.4, -0.2) is 11.9 Å². The van der Waals surface area contributed by atoms with E-state index < -0.39 is 0 Å². The minimum Gasteiger partial charge on any atom is -0.393 e. The predicted molar refractivity (Wildman–Crippen MR) is 122 cm³/mol. The van der Waals surface area contributed by atoms with Crippen LogP contribution in [-0.2, 0) is 14.3 Å². The third-order valence-corrected chi connectivity index (χ3v) is 6.78. The standard InChI is InChI=1S/C26H48O3/c1-23-19-15-11-7-3-5-9-13-17-21-25(27)29-26(28)22-18-14-10-6-4-8-12-16-20-24(23)2/h23-24H,3-22H2,1-2H3. The third kappa shape index (κ3) is 15.6. The zero-order chi connectivity index (χ0) is 21.2. The Hall–Kier alpha value is -0.860. The van der Waals surface area contributed by atoms with E-state index in [2.05, 4.69) is 13.8 Å². The number of hydrogen-bond donors (Lipinski definition) is 0. The van der Waals surface area contributed by atoms with Gasteiger partial charge in [-0.2, -0.15) is 0 Å². The quantitative estimate of drug-likeness (QED) is 0.300. The minimum atomic E-state index is -0.330. The van der Waals surface area contributed by atoms with E-state index in [1.54, 1.807) is 0 Å². The summed E-state index contributed by atoms with van der Waals surface area (Å²) in [6, 6.07) is 0. The molecule has 1 rings (SSSR count). The van der Waals surface area contributed by atoms with Gasteiger partial charge in [0, 0.05) is 12.8 Å². The van der Waals surface area contributed by atoms with Crippen LogP contribution in [0.15, 0.2) is 0 Å². The molecular formula is C26H48O3. The van der Waals surface area contributed by atoms with Gasteiger partial charge < -0.3 is 4.74 Å². The van der Waals surface area contributed by atoms with Gasteiger partial charge in [0.2, 0.25) is 0 Å². The lowest BCUT2D eigenvalue weighted by Gasteiger charge is -2.19. The van der Waals surface area contributed by atoms with Crippen LogP contribution in [0, 0.1) is 11.8 Å². The van der Waals surface area contributed by atoms with Crippen molar-refractivity contribution in [2.75, 3.05) is 0 Å². The van der Waals surface area contributed by atoms with Gasteiger partial charge in [0.25, 0.3) is 0 Å². The molecular weight excluding hydrogens is 360 g/mol. The van der Waals surface area contributed by atoms with E-state index >= 15 is 0 Å². The van der Waals surface area contributed by atoms with Gasteiger partial charge in [0.05, 0.1) is 0 Å². The second kappa shape index (κ2) is 18.0. The van der Waals surface area contributed by atoms with Crippen molar-refractivity contribution in [2.24, 2.45) is 11.8 Å². The number of esters is 2. The summed E-state index contributed by atoms with van der Waals surface area (Å²) in [5.74, 6) is 1.08. The predicted octanol–water partition coefficient (Wildman–Crippen LogP) is 8.14. The van der Waals surface area contributed by atoms with Crippen molar-refractivity contribution >= 4 is 11.9 Å². The third-order valence-electron chi connectivity index (χ3n) is 6.78. The minimum absolute atomic E-state index is 0.330. The zero-order valence-corrected chi connectivity index (χ0v) is 19.5. The van der Waals surface area contributed by atoms with Crippen LogP contribution < -0.4 is 0 Å². The lowest BCUT2D eigenvalue weighted by atomic mass is 9.86. The summed E-state index contributed by atoms with van der Waals surface area (Å²) in [4.78, 5) is 23.5. The Kier molecular flexibility index (Phi) is 16.2. The zero-order valence-electron chi connectivity index (χ0n) is 19.5. The lowest BCUT2D eigenvalue weighted by molar-refractivity contribution is -0.159. The molecule has 1 saturated heterocycles. The normalized spacial score (nSPS) is 27.4. The summed E-state index contributed by atoms with van der Waals surface area (Å²) in [6.45, 7) is 4.90. The fourth-order valence-electron chi connectivity index (χ4n) is 4.39. The fourth-order valence-corrected chi connectivity index (χ4v) is 4.39. The molecule has 0 radical (unpaired) electrons. The SMILES string of the molecule is CC1CCCCCCCCCCC(=O)OC(=O)CCCCCCCCCCC1C. The summed E-state index contributed by atoms with van der Waals surface area (Å²) in [6.07, 6.45) is 23.1. The van der Waals surface area contributed by atoms with E-state index in [1.165, 1.54) is 89.9 Å². The molecule has 0 saturated carbocycles. The van der Waals surface area contributed by atoms with Gasteiger partial charge in [-0.25, -0.2) is 0 Å². The van der Waals surface area contributed by atoms with Crippen LogP contribution in [0.3, 0.4) is 0 Å². The van der Waals surface area contributed by atoms with Crippen LogP contribution in [0.2, 0.25) is 0 Å². The van der Waals surface area contributed by atoms with Crippen LogP contribution in [0.1, 0.15) is 142 Å². The number of ether oxygens (including phenoxy) is 1. The topological polar surface area (TPSA) is 43.4 Å². The van der Waals surface area contributed by atoms with Crippen molar-refractivity contribution < 1.29 is 14.3 Å². The van der Waals surface area contributed by atoms with Gasteiger partial charge in [-0.1, -0.05) is 117 Å². The number of cyclic esters (lactones) is 2. The molecule has 0 aromatic heterocycles. The summed E-state index contributed by atoms with van der Waals surface area (Å²) in [7, 11) is 0. The second-order valence-corrected chi connectivity index (χ2v) is 9.53. The average molecular weight is 409 g/mol. The van der Waals surface area contributed by atoms with Crippen molar-refractivity contribution in [3.63, 3.8) is 0 Å². The maximum absolute atomic E-state index is 11.7. The molecule has 3 nitrogen and oxygen atoms in total. The van der Waals surface area contributed by atoms with Gasteiger partial charge in [-0.15, -0.1) is 0 Å². The molecule has 0 bridgehead atoms. The van der Waals surface area contributed by atoms with Crippen LogP contribution >= 0.6 is 0 Å². The van der Waals surface area contributed by atoms with E-state index in [4.69, 9.17) is 4.74 Å². The van der Waals surface area contributed by atoms with E-state index in [-0.39, 0.29) is 11.9 Å². The van der Waals surface area contributed by atoms with Crippen LogP contribution in [0.5, 0.6) is 0 Å². The Labute approximate surface area is 180 Å². The number of carbonyl (C=O) groups is 2. The highest BCUT2D eigenvalue weighted by Crippen LogP contribution is 2.24. The lowest BCUT2D eigenvalue weighted by Crippen LogP contribution is -2.11. The first kappa shape index (κ1) is 26.2. The van der Waals surface area contributed by atoms with E-state index in [1.807, 2.05) is 0 Å². The second-order valence-electron chi connectivity index (χ2n) is 9.53. The van der Waals surface area contributed by atoms with Crippen molar-refractivity contribution in [1.82, 2.24) is 0 Å². The molecule has 29 heavy (non-hydrogen) atoms. The first-order valence-electron chi connectivity index (χ1n) is 12.8. The molecule has 0 aliphatic carbocycles. The molecule has 2 atom stereocenters. The van der Waals surface area contributed by atoms with Crippen molar-refractivity contribution in [3.8, 4) is 0 Å². The molecule has 0 spiro atoms. The maximum Gasteiger partial charge on any atom is 0.313 e. The summed E-state index contributed by atoms with van der Waals surface area (Å²) < 4.78 is 4.94. The Morgan fingerprint density at radius 2 is 0.759 bits per heavy atom. The van der Waals surface area contributed by atoms with Gasteiger partial charge >= 0.3 is 11.9 Å². The van der Waals surface area contributed by atoms with E-state index in [0.717, 1.165) is 37.5 Å². The first-order chi connectivity index (χ1) is 14.1.